The third kappa shape index (κ3) is 1.33. The smallest absolute Gasteiger partial charge is 0.251 e. The molecule has 0 saturated carbocycles. The van der Waals surface area contributed by atoms with Crippen molar-refractivity contribution in [3.05, 3.63) is 46.0 Å². The fourth-order valence-electron chi connectivity index (χ4n) is 1.28. The second-order valence-electron chi connectivity index (χ2n) is 3.01. The lowest BCUT2D eigenvalue weighted by molar-refractivity contribution is 0.629. The number of rotatable bonds is 0. The summed E-state index contributed by atoms with van der Waals surface area (Å²) in [6.07, 6.45) is 0. The maximum atomic E-state index is 12.7. The molecule has 0 aliphatic heterocycles. The number of H-pyrrole nitrogens is 1. The summed E-state index contributed by atoms with van der Waals surface area (Å²) in [4.78, 5) is 13.8. The summed E-state index contributed by atoms with van der Waals surface area (Å²) in [5, 5.41) is 0.846. The zero-order valence-electron chi connectivity index (χ0n) is 7.10. The Morgan fingerprint density at radius 2 is 2.08 bits per heavy atom. The van der Waals surface area contributed by atoms with Crippen LogP contribution in [0.3, 0.4) is 0 Å². The van der Waals surface area contributed by atoms with Gasteiger partial charge < -0.3 is 4.98 Å². The van der Waals surface area contributed by atoms with Crippen LogP contribution >= 0.6 is 0 Å². The molecular weight excluding hydrogens is 169 g/mol. The standard InChI is InChI=1S/C10H8FNO/c1-6-4-7-2-3-8(11)5-9(7)12-10(6)13/h2-5H,1H3,(H,12,13). The SMILES string of the molecule is Cc1cc2ccc(F)cc2[nH]c1=O. The predicted molar refractivity (Wildman–Crippen MR) is 49.3 cm³/mol. The Morgan fingerprint density at radius 3 is 2.85 bits per heavy atom. The van der Waals surface area contributed by atoms with Crippen molar-refractivity contribution < 1.29 is 4.39 Å². The van der Waals surface area contributed by atoms with E-state index in [2.05, 4.69) is 4.98 Å². The number of nitrogens with one attached hydrogen (secondary N) is 1. The lowest BCUT2D eigenvalue weighted by Gasteiger charge is -1.98. The largest absolute Gasteiger partial charge is 0.322 e. The summed E-state index contributed by atoms with van der Waals surface area (Å²) in [7, 11) is 0. The van der Waals surface area contributed by atoms with Crippen molar-refractivity contribution in [3.8, 4) is 0 Å². The fourth-order valence-corrected chi connectivity index (χ4v) is 1.28. The molecule has 0 bridgehead atoms. The van der Waals surface area contributed by atoms with Gasteiger partial charge in [-0.15, -0.1) is 0 Å². The first-order chi connectivity index (χ1) is 6.16. The van der Waals surface area contributed by atoms with Crippen LogP contribution in [0.2, 0.25) is 0 Å². The number of pyridine rings is 1. The van der Waals surface area contributed by atoms with Gasteiger partial charge in [-0.2, -0.15) is 0 Å². The number of hydrogen-bond acceptors (Lipinski definition) is 1. The molecular formula is C10H8FNO. The molecule has 0 saturated heterocycles. The highest BCUT2D eigenvalue weighted by Crippen LogP contribution is 2.11. The van der Waals surface area contributed by atoms with Crippen LogP contribution < -0.4 is 5.56 Å². The monoisotopic (exact) mass is 177 g/mol. The first-order valence-corrected chi connectivity index (χ1v) is 3.96. The van der Waals surface area contributed by atoms with E-state index >= 15 is 0 Å². The minimum Gasteiger partial charge on any atom is -0.322 e. The number of aromatic nitrogens is 1. The quantitative estimate of drug-likeness (QED) is 0.655. The lowest BCUT2D eigenvalue weighted by Crippen LogP contribution is -2.08. The zero-order valence-corrected chi connectivity index (χ0v) is 7.10. The van der Waals surface area contributed by atoms with Crippen molar-refractivity contribution in [1.29, 1.82) is 0 Å². The van der Waals surface area contributed by atoms with E-state index in [9.17, 15) is 9.18 Å². The van der Waals surface area contributed by atoms with Gasteiger partial charge in [0, 0.05) is 5.56 Å². The van der Waals surface area contributed by atoms with Gasteiger partial charge in [0.15, 0.2) is 0 Å². The molecule has 1 N–H and O–H groups in total. The Hall–Kier alpha value is -1.64. The van der Waals surface area contributed by atoms with Gasteiger partial charge in [-0.05, 0) is 36.6 Å². The summed E-state index contributed by atoms with van der Waals surface area (Å²) >= 11 is 0. The summed E-state index contributed by atoms with van der Waals surface area (Å²) in [6.45, 7) is 1.72. The van der Waals surface area contributed by atoms with Crippen molar-refractivity contribution in [2.75, 3.05) is 0 Å². The molecule has 0 aliphatic rings. The molecule has 0 aliphatic carbocycles. The van der Waals surface area contributed by atoms with E-state index in [4.69, 9.17) is 0 Å². The van der Waals surface area contributed by atoms with Crippen molar-refractivity contribution in [1.82, 2.24) is 4.98 Å². The molecule has 0 spiro atoms. The highest BCUT2D eigenvalue weighted by molar-refractivity contribution is 5.78. The topological polar surface area (TPSA) is 32.9 Å². The van der Waals surface area contributed by atoms with Crippen molar-refractivity contribution in [2.24, 2.45) is 0 Å². The Labute approximate surface area is 74.0 Å². The van der Waals surface area contributed by atoms with Gasteiger partial charge >= 0.3 is 0 Å². The zero-order chi connectivity index (χ0) is 9.42. The van der Waals surface area contributed by atoms with Gasteiger partial charge in [0.1, 0.15) is 5.82 Å². The molecule has 0 atom stereocenters. The Balaban J connectivity index is 2.89. The van der Waals surface area contributed by atoms with Crippen LogP contribution in [0, 0.1) is 12.7 Å². The van der Waals surface area contributed by atoms with E-state index in [1.807, 2.05) is 0 Å². The number of fused-ring (bicyclic) bond motifs is 1. The highest BCUT2D eigenvalue weighted by atomic mass is 19.1. The molecule has 13 heavy (non-hydrogen) atoms. The van der Waals surface area contributed by atoms with Crippen molar-refractivity contribution in [3.63, 3.8) is 0 Å². The van der Waals surface area contributed by atoms with Crippen LogP contribution in [0.1, 0.15) is 5.56 Å². The molecule has 0 fully saturated rings. The van der Waals surface area contributed by atoms with Crippen LogP contribution in [-0.2, 0) is 0 Å². The minimum absolute atomic E-state index is 0.168. The Morgan fingerprint density at radius 1 is 1.31 bits per heavy atom. The molecule has 1 heterocycles. The van der Waals surface area contributed by atoms with Crippen LogP contribution in [0.15, 0.2) is 29.1 Å². The van der Waals surface area contributed by atoms with Crippen molar-refractivity contribution >= 4 is 10.9 Å². The Kier molecular flexibility index (Phi) is 1.65. The summed E-state index contributed by atoms with van der Waals surface area (Å²) in [5.74, 6) is -0.341. The van der Waals surface area contributed by atoms with Gasteiger partial charge in [-0.3, -0.25) is 4.79 Å². The van der Waals surface area contributed by atoms with Gasteiger partial charge in [0.25, 0.3) is 5.56 Å². The maximum Gasteiger partial charge on any atom is 0.251 e. The van der Waals surface area contributed by atoms with Gasteiger partial charge in [0.2, 0.25) is 0 Å². The number of halogens is 1. The maximum absolute atomic E-state index is 12.7. The van der Waals surface area contributed by atoms with Crippen LogP contribution in [0.25, 0.3) is 10.9 Å². The van der Waals surface area contributed by atoms with E-state index in [0.717, 1.165) is 5.39 Å². The molecule has 0 radical (unpaired) electrons. The Bertz CT molecular complexity index is 516. The first kappa shape index (κ1) is 7.98. The van der Waals surface area contributed by atoms with E-state index in [1.54, 1.807) is 19.1 Å². The second kappa shape index (κ2) is 2.69. The molecule has 1 aromatic heterocycles. The van der Waals surface area contributed by atoms with E-state index < -0.39 is 0 Å². The predicted octanol–water partition coefficient (Wildman–Crippen LogP) is 1.98. The van der Waals surface area contributed by atoms with Gasteiger partial charge in [-0.1, -0.05) is 0 Å². The second-order valence-corrected chi connectivity index (χ2v) is 3.01. The van der Waals surface area contributed by atoms with E-state index in [1.165, 1.54) is 12.1 Å². The number of aromatic amines is 1. The average Bonchev–Trinajstić information content (AvgIpc) is 2.08. The molecule has 2 nitrogen and oxygen atoms in total. The molecule has 2 aromatic rings. The fraction of sp³-hybridized carbons (Fsp3) is 0.100. The molecule has 66 valence electrons. The highest BCUT2D eigenvalue weighted by Gasteiger charge is 1.98. The summed E-state index contributed by atoms with van der Waals surface area (Å²) < 4.78 is 12.7. The molecule has 3 heteroatoms. The van der Waals surface area contributed by atoms with Gasteiger partial charge in [0.05, 0.1) is 5.52 Å². The molecule has 0 unspecified atom stereocenters. The average molecular weight is 177 g/mol. The summed E-state index contributed by atoms with van der Waals surface area (Å²) in [6, 6.07) is 6.08. The van der Waals surface area contributed by atoms with Gasteiger partial charge in [-0.25, -0.2) is 4.39 Å². The lowest BCUT2D eigenvalue weighted by atomic mass is 10.2. The normalized spacial score (nSPS) is 10.6. The first-order valence-electron chi connectivity index (χ1n) is 3.96. The minimum atomic E-state index is -0.341. The van der Waals surface area contributed by atoms with E-state index in [0.29, 0.717) is 11.1 Å². The molecule has 2 rings (SSSR count). The van der Waals surface area contributed by atoms with Crippen LogP contribution in [0.4, 0.5) is 4.39 Å². The third-order valence-corrected chi connectivity index (χ3v) is 1.99. The van der Waals surface area contributed by atoms with Crippen LogP contribution in [-0.4, -0.2) is 4.98 Å². The van der Waals surface area contributed by atoms with E-state index in [-0.39, 0.29) is 11.4 Å². The summed E-state index contributed by atoms with van der Waals surface area (Å²) in [5.41, 5.74) is 1.01. The number of aryl methyl sites for hydroxylation is 1. The third-order valence-electron chi connectivity index (χ3n) is 1.99. The molecule has 0 amide bonds. The number of benzene rings is 1. The van der Waals surface area contributed by atoms with Crippen LogP contribution in [0.5, 0.6) is 0 Å². The number of hydrogen-bond donors (Lipinski definition) is 1. The molecule has 1 aromatic carbocycles. The van der Waals surface area contributed by atoms with Crippen molar-refractivity contribution in [2.45, 2.75) is 6.92 Å².